The zero-order chi connectivity index (χ0) is 20.9. The molecule has 0 spiro atoms. The van der Waals surface area contributed by atoms with Gasteiger partial charge in [0.15, 0.2) is 11.6 Å². The molecule has 0 aliphatic rings. The SMILES string of the molecule is O=C(Nc1ccc(Nc2ccc(-n3cccn3)nn2)cc1)Nc1cc(F)cc(F)c1. The lowest BCUT2D eigenvalue weighted by Crippen LogP contribution is -2.19. The van der Waals surface area contributed by atoms with Crippen molar-refractivity contribution in [3.05, 3.63) is 84.7 Å². The second-order valence-electron chi connectivity index (χ2n) is 6.17. The lowest BCUT2D eigenvalue weighted by Gasteiger charge is -2.10. The van der Waals surface area contributed by atoms with Crippen LogP contribution >= 0.6 is 0 Å². The Hall–Kier alpha value is -4.34. The van der Waals surface area contributed by atoms with E-state index >= 15 is 0 Å². The van der Waals surface area contributed by atoms with Crippen molar-refractivity contribution < 1.29 is 13.6 Å². The normalized spacial score (nSPS) is 10.5. The minimum Gasteiger partial charge on any atom is -0.339 e. The molecule has 2 aromatic carbocycles. The van der Waals surface area contributed by atoms with Crippen molar-refractivity contribution in [2.45, 2.75) is 0 Å². The fourth-order valence-electron chi connectivity index (χ4n) is 2.62. The summed E-state index contributed by atoms with van der Waals surface area (Å²) in [6, 6.07) is 14.3. The van der Waals surface area contributed by atoms with Crippen LogP contribution in [0.2, 0.25) is 0 Å². The van der Waals surface area contributed by atoms with Crippen LogP contribution in [0.4, 0.5) is 36.5 Å². The minimum absolute atomic E-state index is 0.0143. The van der Waals surface area contributed by atoms with Crippen molar-refractivity contribution in [2.75, 3.05) is 16.0 Å². The number of aromatic nitrogens is 4. The largest absolute Gasteiger partial charge is 0.339 e. The van der Waals surface area contributed by atoms with Crippen LogP contribution in [-0.2, 0) is 0 Å². The molecule has 0 saturated carbocycles. The Bertz CT molecular complexity index is 1130. The van der Waals surface area contributed by atoms with Crippen LogP contribution in [0.3, 0.4) is 0 Å². The Morgan fingerprint density at radius 3 is 2.17 bits per heavy atom. The van der Waals surface area contributed by atoms with Crippen molar-refractivity contribution in [1.82, 2.24) is 20.0 Å². The smallest absolute Gasteiger partial charge is 0.323 e. The number of carbonyl (C=O) groups excluding carboxylic acids is 1. The molecule has 2 aromatic heterocycles. The summed E-state index contributed by atoms with van der Waals surface area (Å²) in [5.41, 5.74) is 1.24. The molecule has 0 fully saturated rings. The molecule has 4 rings (SSSR count). The van der Waals surface area contributed by atoms with Crippen molar-refractivity contribution in [3.63, 3.8) is 0 Å². The van der Waals surface area contributed by atoms with E-state index in [0.29, 0.717) is 17.3 Å². The van der Waals surface area contributed by atoms with Crippen molar-refractivity contribution in [2.24, 2.45) is 0 Å². The lowest BCUT2D eigenvalue weighted by molar-refractivity contribution is 0.262. The standard InChI is InChI=1S/C20H15F2N7O/c21-13-10-14(22)12-17(11-13)26-20(30)25-16-4-2-15(3-5-16)24-18-6-7-19(28-27-18)29-9-1-8-23-29/h1-12H,(H,24,27)(H2,25,26,30). The van der Waals surface area contributed by atoms with E-state index in [2.05, 4.69) is 31.2 Å². The van der Waals surface area contributed by atoms with E-state index in [1.54, 1.807) is 59.5 Å². The van der Waals surface area contributed by atoms with Crippen LogP contribution in [-0.4, -0.2) is 26.0 Å². The summed E-state index contributed by atoms with van der Waals surface area (Å²) in [6.45, 7) is 0. The molecule has 2 amide bonds. The highest BCUT2D eigenvalue weighted by Crippen LogP contribution is 2.18. The van der Waals surface area contributed by atoms with Crippen LogP contribution in [0.15, 0.2) is 73.1 Å². The van der Waals surface area contributed by atoms with Gasteiger partial charge < -0.3 is 16.0 Å². The zero-order valence-corrected chi connectivity index (χ0v) is 15.4. The Labute approximate surface area is 169 Å². The van der Waals surface area contributed by atoms with Gasteiger partial charge in [0.2, 0.25) is 0 Å². The van der Waals surface area contributed by atoms with Crippen molar-refractivity contribution >= 4 is 28.9 Å². The van der Waals surface area contributed by atoms with Gasteiger partial charge in [-0.15, -0.1) is 10.2 Å². The number of hydrogen-bond acceptors (Lipinski definition) is 5. The number of amides is 2. The fraction of sp³-hybridized carbons (Fsp3) is 0. The van der Waals surface area contributed by atoms with Gasteiger partial charge in [0.05, 0.1) is 0 Å². The third-order valence-electron chi connectivity index (χ3n) is 3.93. The third kappa shape index (κ3) is 4.73. The molecule has 30 heavy (non-hydrogen) atoms. The second-order valence-corrected chi connectivity index (χ2v) is 6.17. The first kappa shape index (κ1) is 19.0. The molecule has 0 unspecified atom stereocenters. The van der Waals surface area contributed by atoms with Gasteiger partial charge >= 0.3 is 6.03 Å². The number of halogens is 2. The van der Waals surface area contributed by atoms with Gasteiger partial charge in [-0.1, -0.05) is 0 Å². The van der Waals surface area contributed by atoms with Gasteiger partial charge in [-0.2, -0.15) is 5.10 Å². The first-order chi connectivity index (χ1) is 14.5. The second kappa shape index (κ2) is 8.35. The molecular weight excluding hydrogens is 392 g/mol. The number of benzene rings is 2. The average molecular weight is 407 g/mol. The Morgan fingerprint density at radius 2 is 1.53 bits per heavy atom. The van der Waals surface area contributed by atoms with Crippen molar-refractivity contribution in [3.8, 4) is 5.82 Å². The van der Waals surface area contributed by atoms with E-state index < -0.39 is 17.7 Å². The monoisotopic (exact) mass is 407 g/mol. The Kier molecular flexibility index (Phi) is 5.29. The molecule has 150 valence electrons. The van der Waals surface area contributed by atoms with E-state index in [1.807, 2.05) is 0 Å². The van der Waals surface area contributed by atoms with Crippen LogP contribution < -0.4 is 16.0 Å². The number of urea groups is 1. The number of nitrogens with one attached hydrogen (secondary N) is 3. The zero-order valence-electron chi connectivity index (χ0n) is 15.4. The highest BCUT2D eigenvalue weighted by molar-refractivity contribution is 5.99. The molecule has 0 saturated heterocycles. The van der Waals surface area contributed by atoms with Crippen LogP contribution in [0, 0.1) is 11.6 Å². The van der Waals surface area contributed by atoms with E-state index in [-0.39, 0.29) is 5.69 Å². The molecule has 0 aliphatic carbocycles. The molecule has 4 aromatic rings. The minimum atomic E-state index is -0.776. The summed E-state index contributed by atoms with van der Waals surface area (Å²) >= 11 is 0. The van der Waals surface area contributed by atoms with Crippen LogP contribution in [0.1, 0.15) is 0 Å². The summed E-state index contributed by atoms with van der Waals surface area (Å²) in [5.74, 6) is -0.422. The maximum atomic E-state index is 13.2. The van der Waals surface area contributed by atoms with Crippen LogP contribution in [0.25, 0.3) is 5.82 Å². The predicted octanol–water partition coefficient (Wildman–Crippen LogP) is 4.33. The molecular formula is C20H15F2N7O. The van der Waals surface area contributed by atoms with Gasteiger partial charge in [-0.3, -0.25) is 0 Å². The summed E-state index contributed by atoms with van der Waals surface area (Å²) in [7, 11) is 0. The molecule has 0 radical (unpaired) electrons. The highest BCUT2D eigenvalue weighted by Gasteiger charge is 2.06. The van der Waals surface area contributed by atoms with Gasteiger partial charge in [0.25, 0.3) is 0 Å². The summed E-state index contributed by atoms with van der Waals surface area (Å²) in [5, 5.41) is 20.3. The maximum absolute atomic E-state index is 13.2. The number of carbonyl (C=O) groups is 1. The molecule has 0 bridgehead atoms. The van der Waals surface area contributed by atoms with Crippen molar-refractivity contribution in [1.29, 1.82) is 0 Å². The van der Waals surface area contributed by atoms with E-state index in [4.69, 9.17) is 0 Å². The first-order valence-electron chi connectivity index (χ1n) is 8.80. The van der Waals surface area contributed by atoms with E-state index in [1.165, 1.54) is 0 Å². The van der Waals surface area contributed by atoms with Crippen LogP contribution in [0.5, 0.6) is 0 Å². The number of nitrogens with zero attached hydrogens (tertiary/aromatic N) is 4. The van der Waals surface area contributed by atoms with Gasteiger partial charge in [-0.25, -0.2) is 18.3 Å². The lowest BCUT2D eigenvalue weighted by atomic mass is 10.2. The fourth-order valence-corrected chi connectivity index (χ4v) is 2.62. The quantitative estimate of drug-likeness (QED) is 0.458. The molecule has 8 nitrogen and oxygen atoms in total. The van der Waals surface area contributed by atoms with Gasteiger partial charge in [0.1, 0.15) is 11.6 Å². The molecule has 0 atom stereocenters. The Balaban J connectivity index is 1.35. The summed E-state index contributed by atoms with van der Waals surface area (Å²) in [6.07, 6.45) is 3.42. The van der Waals surface area contributed by atoms with E-state index in [9.17, 15) is 13.6 Å². The van der Waals surface area contributed by atoms with Gasteiger partial charge in [-0.05, 0) is 54.6 Å². The number of rotatable bonds is 5. The number of hydrogen-bond donors (Lipinski definition) is 3. The molecule has 0 aliphatic heterocycles. The topological polar surface area (TPSA) is 96.8 Å². The third-order valence-corrected chi connectivity index (χ3v) is 3.93. The predicted molar refractivity (Wildman–Crippen MR) is 108 cm³/mol. The summed E-state index contributed by atoms with van der Waals surface area (Å²) < 4.78 is 28.0. The first-order valence-corrected chi connectivity index (χ1v) is 8.80. The van der Waals surface area contributed by atoms with E-state index in [0.717, 1.165) is 23.9 Å². The Morgan fingerprint density at radius 1 is 0.833 bits per heavy atom. The molecule has 3 N–H and O–H groups in total. The maximum Gasteiger partial charge on any atom is 0.323 e. The average Bonchev–Trinajstić information content (AvgIpc) is 3.24. The molecule has 2 heterocycles. The highest BCUT2D eigenvalue weighted by atomic mass is 19.1. The summed E-state index contributed by atoms with van der Waals surface area (Å²) in [4.78, 5) is 12.0. The number of anilines is 4. The van der Waals surface area contributed by atoms with Gasteiger partial charge in [0, 0.05) is 35.5 Å². The molecule has 10 heteroatoms.